The molecule has 1 amide bonds. The van der Waals surface area contributed by atoms with Crippen molar-refractivity contribution in [1.82, 2.24) is 4.98 Å². The zero-order valence-corrected chi connectivity index (χ0v) is 22.0. The second-order valence-corrected chi connectivity index (χ2v) is 10.0. The first kappa shape index (κ1) is 24.7. The van der Waals surface area contributed by atoms with E-state index in [1.54, 1.807) is 18.2 Å². The molecule has 184 valence electrons. The van der Waals surface area contributed by atoms with Gasteiger partial charge in [0.2, 0.25) is 0 Å². The van der Waals surface area contributed by atoms with Crippen molar-refractivity contribution in [2.45, 2.75) is 13.8 Å². The molecule has 0 aliphatic rings. The van der Waals surface area contributed by atoms with Gasteiger partial charge in [-0.3, -0.25) is 4.79 Å². The van der Waals surface area contributed by atoms with Crippen LogP contribution in [0, 0.1) is 13.8 Å². The number of hydrogen-bond donors (Lipinski definition) is 1. The summed E-state index contributed by atoms with van der Waals surface area (Å²) in [7, 11) is 1.32. The Balaban J connectivity index is 1.59. The number of benzene rings is 3. The Morgan fingerprint density at radius 2 is 1.70 bits per heavy atom. The third-order valence-electron chi connectivity index (χ3n) is 6.18. The van der Waals surface area contributed by atoms with E-state index >= 15 is 0 Å². The first-order valence-electron chi connectivity index (χ1n) is 11.6. The number of ether oxygens (including phenoxy) is 1. The fourth-order valence-corrected chi connectivity index (χ4v) is 5.45. The lowest BCUT2D eigenvalue weighted by Gasteiger charge is -2.13. The monoisotopic (exact) mass is 526 g/mol. The number of fused-ring (bicyclic) bond motifs is 1. The quantitative estimate of drug-likeness (QED) is 0.236. The number of amides is 1. The highest BCUT2D eigenvalue weighted by Gasteiger charge is 2.24. The summed E-state index contributed by atoms with van der Waals surface area (Å²) in [5.41, 5.74) is 6.86. The summed E-state index contributed by atoms with van der Waals surface area (Å²) in [6, 6.07) is 22.7. The number of pyridine rings is 1. The molecule has 0 aliphatic carbocycles. The molecule has 2 heterocycles. The molecule has 0 fully saturated rings. The van der Waals surface area contributed by atoms with Crippen LogP contribution in [0.3, 0.4) is 0 Å². The van der Waals surface area contributed by atoms with Crippen molar-refractivity contribution in [3.63, 3.8) is 0 Å². The van der Waals surface area contributed by atoms with E-state index in [2.05, 4.69) is 11.4 Å². The molecule has 3 aromatic carbocycles. The Morgan fingerprint density at radius 1 is 0.946 bits per heavy atom. The maximum absolute atomic E-state index is 13.7. The molecule has 7 heteroatoms. The summed E-state index contributed by atoms with van der Waals surface area (Å²) in [5, 5.41) is 6.52. The van der Waals surface area contributed by atoms with Gasteiger partial charge in [0.25, 0.3) is 5.91 Å². The number of anilines is 1. The second kappa shape index (κ2) is 10.2. The standard InChI is InChI=1S/C30H23ClN2O3S/c1-17-8-13-21(18(2)14-17)26-15-23(22-6-4-5-7-25(22)32-26)28(34)33-29-27(30(35)36-3)24(16-37-29)19-9-11-20(31)12-10-19/h4-16H,1-3H3,(H,33,34). The minimum atomic E-state index is -0.531. The van der Waals surface area contributed by atoms with Crippen LogP contribution in [0.5, 0.6) is 0 Å². The summed E-state index contributed by atoms with van der Waals surface area (Å²) < 4.78 is 5.06. The lowest BCUT2D eigenvalue weighted by atomic mass is 9.99. The topological polar surface area (TPSA) is 68.3 Å². The van der Waals surface area contributed by atoms with E-state index in [1.165, 1.54) is 18.4 Å². The second-order valence-electron chi connectivity index (χ2n) is 8.70. The molecular formula is C30H23ClN2O3S. The lowest BCUT2D eigenvalue weighted by Crippen LogP contribution is -2.15. The highest BCUT2D eigenvalue weighted by atomic mass is 35.5. The minimum Gasteiger partial charge on any atom is -0.465 e. The molecule has 0 spiro atoms. The van der Waals surface area contributed by atoms with Crippen LogP contribution >= 0.6 is 22.9 Å². The van der Waals surface area contributed by atoms with Crippen molar-refractivity contribution < 1.29 is 14.3 Å². The maximum Gasteiger partial charge on any atom is 0.341 e. The highest BCUT2D eigenvalue weighted by molar-refractivity contribution is 7.15. The van der Waals surface area contributed by atoms with Gasteiger partial charge in [0.15, 0.2) is 0 Å². The Bertz CT molecular complexity index is 1660. The lowest BCUT2D eigenvalue weighted by molar-refractivity contribution is 0.0603. The van der Waals surface area contributed by atoms with Gasteiger partial charge in [-0.2, -0.15) is 0 Å². The number of rotatable bonds is 5. The molecule has 0 atom stereocenters. The molecule has 0 unspecified atom stereocenters. The maximum atomic E-state index is 13.7. The molecule has 1 N–H and O–H groups in total. The van der Waals surface area contributed by atoms with Crippen molar-refractivity contribution in [3.05, 3.63) is 105 Å². The Labute approximate surface area is 223 Å². The van der Waals surface area contributed by atoms with Crippen LogP contribution in [-0.2, 0) is 4.74 Å². The van der Waals surface area contributed by atoms with Crippen LogP contribution in [-0.4, -0.2) is 24.0 Å². The highest BCUT2D eigenvalue weighted by Crippen LogP contribution is 2.37. The van der Waals surface area contributed by atoms with Gasteiger partial charge in [0, 0.05) is 26.9 Å². The van der Waals surface area contributed by atoms with Gasteiger partial charge in [-0.1, -0.05) is 65.7 Å². The van der Waals surface area contributed by atoms with Gasteiger partial charge in [0.1, 0.15) is 10.6 Å². The summed E-state index contributed by atoms with van der Waals surface area (Å²) in [6.07, 6.45) is 0. The molecule has 37 heavy (non-hydrogen) atoms. The van der Waals surface area contributed by atoms with Crippen molar-refractivity contribution in [3.8, 4) is 22.4 Å². The first-order valence-corrected chi connectivity index (χ1v) is 12.9. The van der Waals surface area contributed by atoms with Crippen LogP contribution in [0.25, 0.3) is 33.3 Å². The van der Waals surface area contributed by atoms with Crippen LogP contribution in [0.15, 0.2) is 78.2 Å². The third kappa shape index (κ3) is 4.86. The fourth-order valence-electron chi connectivity index (χ4n) is 4.37. The number of para-hydroxylation sites is 1. The molecule has 0 saturated heterocycles. The van der Waals surface area contributed by atoms with Crippen LogP contribution < -0.4 is 5.32 Å². The van der Waals surface area contributed by atoms with Crippen molar-refractivity contribution in [2.75, 3.05) is 12.4 Å². The zero-order chi connectivity index (χ0) is 26.1. The molecule has 0 radical (unpaired) electrons. The molecule has 5 nitrogen and oxygen atoms in total. The summed E-state index contributed by atoms with van der Waals surface area (Å²) in [5.74, 6) is -0.865. The van der Waals surface area contributed by atoms with E-state index in [0.717, 1.165) is 27.6 Å². The Morgan fingerprint density at radius 3 is 2.43 bits per heavy atom. The molecule has 5 aromatic rings. The normalized spacial score (nSPS) is 10.9. The smallest absolute Gasteiger partial charge is 0.341 e. The van der Waals surface area contributed by atoms with E-state index in [4.69, 9.17) is 21.3 Å². The minimum absolute atomic E-state index is 0.302. The van der Waals surface area contributed by atoms with Gasteiger partial charge >= 0.3 is 5.97 Å². The molecule has 0 aliphatic heterocycles. The number of thiophene rings is 1. The van der Waals surface area contributed by atoms with Gasteiger partial charge in [-0.15, -0.1) is 11.3 Å². The first-order chi connectivity index (χ1) is 17.9. The molecule has 2 aromatic heterocycles. The number of nitrogens with one attached hydrogen (secondary N) is 1. The molecule has 0 bridgehead atoms. The van der Waals surface area contributed by atoms with Gasteiger partial charge in [-0.25, -0.2) is 9.78 Å². The number of methoxy groups -OCH3 is 1. The van der Waals surface area contributed by atoms with E-state index in [9.17, 15) is 9.59 Å². The van der Waals surface area contributed by atoms with E-state index in [0.29, 0.717) is 37.9 Å². The average Bonchev–Trinajstić information content (AvgIpc) is 3.31. The number of halogens is 1. The predicted molar refractivity (Wildman–Crippen MR) is 151 cm³/mol. The fraction of sp³-hybridized carbons (Fsp3) is 0.100. The van der Waals surface area contributed by atoms with E-state index in [1.807, 2.05) is 67.8 Å². The molecule has 5 rings (SSSR count). The molecule has 0 saturated carbocycles. The number of carbonyl (C=O) groups is 2. The summed E-state index contributed by atoms with van der Waals surface area (Å²) >= 11 is 7.31. The molecular weight excluding hydrogens is 504 g/mol. The number of esters is 1. The van der Waals surface area contributed by atoms with Gasteiger partial charge < -0.3 is 10.1 Å². The summed E-state index contributed by atoms with van der Waals surface area (Å²) in [6.45, 7) is 4.08. The predicted octanol–water partition coefficient (Wildman–Crippen LogP) is 7.94. The summed E-state index contributed by atoms with van der Waals surface area (Å²) in [4.78, 5) is 31.3. The number of aryl methyl sites for hydroxylation is 2. The van der Waals surface area contributed by atoms with Crippen molar-refractivity contribution >= 4 is 50.7 Å². The number of hydrogen-bond acceptors (Lipinski definition) is 5. The van der Waals surface area contributed by atoms with Crippen molar-refractivity contribution in [1.29, 1.82) is 0 Å². The number of carbonyl (C=O) groups excluding carboxylic acids is 2. The van der Waals surface area contributed by atoms with Gasteiger partial charge in [-0.05, 0) is 49.2 Å². The number of nitrogens with zero attached hydrogens (tertiary/aromatic N) is 1. The largest absolute Gasteiger partial charge is 0.465 e. The average molecular weight is 527 g/mol. The zero-order valence-electron chi connectivity index (χ0n) is 20.5. The van der Waals surface area contributed by atoms with Crippen LogP contribution in [0.2, 0.25) is 5.02 Å². The Hall–Kier alpha value is -4.00. The Kier molecular flexibility index (Phi) is 6.78. The van der Waals surface area contributed by atoms with Crippen molar-refractivity contribution in [2.24, 2.45) is 0 Å². The SMILES string of the molecule is COC(=O)c1c(-c2ccc(Cl)cc2)csc1NC(=O)c1cc(-c2ccc(C)cc2C)nc2ccccc12. The third-order valence-corrected chi connectivity index (χ3v) is 7.33. The number of aromatic nitrogens is 1. The van der Waals surface area contributed by atoms with Crippen LogP contribution in [0.4, 0.5) is 5.00 Å². The van der Waals surface area contributed by atoms with Gasteiger partial charge in [0.05, 0.1) is 23.9 Å². The van der Waals surface area contributed by atoms with Crippen LogP contribution in [0.1, 0.15) is 31.8 Å². The van der Waals surface area contributed by atoms with E-state index < -0.39 is 5.97 Å². The van der Waals surface area contributed by atoms with E-state index in [-0.39, 0.29) is 5.91 Å².